The van der Waals surface area contributed by atoms with E-state index < -0.39 is 67.3 Å². The number of carbonyl (C=O) groups excluding carboxylic acids is 6. The molecule has 0 unspecified atom stereocenters. The Morgan fingerprint density at radius 2 is 1.23 bits per heavy atom. The Morgan fingerprint density at radius 1 is 0.732 bits per heavy atom. The fourth-order valence-corrected chi connectivity index (χ4v) is 9.00. The number of ketones is 2. The number of amides is 2. The Balaban J connectivity index is 0.000000341. The third-order valence-corrected chi connectivity index (χ3v) is 12.5. The molecular formula is C47H60B2Cl4N4O14. The van der Waals surface area contributed by atoms with Crippen molar-refractivity contribution in [3.05, 3.63) is 104 Å². The summed E-state index contributed by atoms with van der Waals surface area (Å²) in [7, 11) is 1.53. The maximum Gasteiger partial charge on any atom is 0.605 e. The van der Waals surface area contributed by atoms with Crippen LogP contribution in [-0.2, 0) is 44.5 Å². The Bertz CT molecular complexity index is 2360. The Hall–Kier alpha value is -5.05. The SMILES string of the molecule is CC(C)C[C@H](NC(=O)CCC(=O)c1cc(Cl)ccc1Cl)B(O)O.CC(C)C[C@H](NC(=O)[C@H](CC(=O)c1cc(Cl)ccc1Cl)Cc1ccccc1)[B-]12OC(=O)C[N+]1(C)CC(=O)O2.CN(CC(=O)O)CC(=O)O. The molecule has 2 aliphatic heterocycles. The van der Waals surface area contributed by atoms with Crippen LogP contribution in [-0.4, -0.2) is 143 Å². The van der Waals surface area contributed by atoms with E-state index in [0.717, 1.165) is 5.56 Å². The number of nitrogens with one attached hydrogen (secondary N) is 2. The number of hydrogen-bond donors (Lipinski definition) is 6. The highest BCUT2D eigenvalue weighted by molar-refractivity contribution is 6.67. The summed E-state index contributed by atoms with van der Waals surface area (Å²) in [6.45, 7) is 4.71. The first-order valence-corrected chi connectivity index (χ1v) is 24.2. The van der Waals surface area contributed by atoms with Gasteiger partial charge in [0, 0.05) is 53.4 Å². The number of quaternary nitrogens is 1. The number of benzene rings is 3. The van der Waals surface area contributed by atoms with Gasteiger partial charge in [0.2, 0.25) is 11.8 Å². The lowest BCUT2D eigenvalue weighted by Gasteiger charge is -2.45. The van der Waals surface area contributed by atoms with E-state index in [1.807, 2.05) is 58.0 Å². The van der Waals surface area contributed by atoms with Crippen LogP contribution in [0.25, 0.3) is 0 Å². The van der Waals surface area contributed by atoms with Crippen LogP contribution in [0, 0.1) is 17.8 Å². The molecule has 3 atom stereocenters. The summed E-state index contributed by atoms with van der Waals surface area (Å²) < 4.78 is 11.4. The number of Topliss-reactive ketones (excluding diaryl/α,β-unsaturated/α-hetero) is 2. The molecule has 2 fully saturated rings. The van der Waals surface area contributed by atoms with Gasteiger partial charge in [-0.1, -0.05) is 104 Å². The van der Waals surface area contributed by atoms with Crippen molar-refractivity contribution in [3.8, 4) is 0 Å². The van der Waals surface area contributed by atoms with Crippen molar-refractivity contribution >= 4 is 107 Å². The predicted octanol–water partition coefficient (Wildman–Crippen LogP) is 5.58. The molecule has 6 N–H and O–H groups in total. The van der Waals surface area contributed by atoms with Crippen molar-refractivity contribution in [1.82, 2.24) is 15.5 Å². The summed E-state index contributed by atoms with van der Waals surface area (Å²) in [5, 5.41) is 41.7. The largest absolute Gasteiger partial charge is 0.605 e. The van der Waals surface area contributed by atoms with E-state index in [4.69, 9.17) is 65.9 Å². The molecule has 2 saturated heterocycles. The number of nitrogens with zero attached hydrogens (tertiary/aromatic N) is 2. The molecule has 3 aromatic carbocycles. The van der Waals surface area contributed by atoms with Gasteiger partial charge in [-0.2, -0.15) is 0 Å². The molecular weight excluding hydrogens is 1010 g/mol. The first-order valence-electron chi connectivity index (χ1n) is 22.7. The van der Waals surface area contributed by atoms with Crippen LogP contribution in [0.15, 0.2) is 66.7 Å². The summed E-state index contributed by atoms with van der Waals surface area (Å²) >= 11 is 24.1. The standard InChI is InChI=1S/C27H31BCl2N2O6.C15H20BCl2NO4.C5H9NO4/c1-17(2)11-24(28-32(3,15-25(34)37-28)16-26(35)38-28)31-27(36)19(12-18-7-5-4-6-8-18)13-23(33)21-14-20(29)9-10-22(21)30;1-9(2)7-14(16(22)23)19-15(21)6-5-13(20)11-8-10(17)3-4-12(11)18;1-6(2-4(7)8)3-5(9)10/h4-10,14,17,19,24H,11-13,15-16H2,1-3H3,(H,31,36);3-4,8-9,14,22-23H,5-7H2,1-2H3,(H,19,21);2-3H2,1H3,(H,7,8)(H,9,10)/t19-,24-,28?,32?;14-;/m00./s1. The fraction of sp³-hybridized carbons (Fsp3) is 0.447. The van der Waals surface area contributed by atoms with Gasteiger partial charge in [-0.25, -0.2) is 0 Å². The summed E-state index contributed by atoms with van der Waals surface area (Å²) in [6.07, 6.45) is 0.895. The minimum Gasteiger partial charge on any atom is -0.599 e. The predicted molar refractivity (Wildman–Crippen MR) is 269 cm³/mol. The lowest BCUT2D eigenvalue weighted by atomic mass is 9.57. The third-order valence-electron chi connectivity index (χ3n) is 11.4. The van der Waals surface area contributed by atoms with Crippen LogP contribution in [0.4, 0.5) is 0 Å². The molecule has 71 heavy (non-hydrogen) atoms. The number of hydrogen-bond acceptors (Lipinski definition) is 13. The van der Waals surface area contributed by atoms with Gasteiger partial charge in [0.05, 0.1) is 35.0 Å². The van der Waals surface area contributed by atoms with Gasteiger partial charge >= 0.3 is 37.7 Å². The zero-order chi connectivity index (χ0) is 53.4. The molecule has 2 amide bonds. The van der Waals surface area contributed by atoms with Crippen molar-refractivity contribution in [1.29, 1.82) is 0 Å². The topological polar surface area (TPSA) is 263 Å². The van der Waals surface area contributed by atoms with Gasteiger partial charge in [-0.15, -0.1) is 0 Å². The van der Waals surface area contributed by atoms with E-state index in [2.05, 4.69) is 10.6 Å². The molecule has 2 heterocycles. The number of carboxylic acid groups (broad SMARTS) is 2. The number of likely N-dealkylation sites (N-methyl/N-ethyl adjacent to an activating group) is 2. The Morgan fingerprint density at radius 3 is 1.69 bits per heavy atom. The van der Waals surface area contributed by atoms with Crippen LogP contribution in [0.3, 0.4) is 0 Å². The second kappa shape index (κ2) is 27.7. The molecule has 0 aliphatic carbocycles. The van der Waals surface area contributed by atoms with Crippen molar-refractivity contribution in [3.63, 3.8) is 0 Å². The quantitative estimate of drug-likeness (QED) is 0.0530. The third kappa shape index (κ3) is 18.8. The van der Waals surface area contributed by atoms with Crippen LogP contribution in [0.5, 0.6) is 0 Å². The average Bonchev–Trinajstić information content (AvgIpc) is 3.66. The molecule has 0 radical (unpaired) electrons. The molecule has 3 aromatic rings. The molecule has 2 aliphatic rings. The second-order valence-corrected chi connectivity index (χ2v) is 20.3. The number of aliphatic carboxylic acids is 2. The highest BCUT2D eigenvalue weighted by Gasteiger charge is 2.69. The number of carbonyl (C=O) groups is 8. The second-order valence-electron chi connectivity index (χ2n) is 18.6. The van der Waals surface area contributed by atoms with Gasteiger partial charge in [-0.05, 0) is 80.1 Å². The molecule has 0 aromatic heterocycles. The Labute approximate surface area is 433 Å². The number of carboxylic acids is 2. The molecule has 5 rings (SSSR count). The van der Waals surface area contributed by atoms with Crippen LogP contribution < -0.4 is 10.6 Å². The van der Waals surface area contributed by atoms with E-state index in [-0.39, 0.29) is 101 Å². The maximum absolute atomic E-state index is 13.9. The van der Waals surface area contributed by atoms with E-state index in [0.29, 0.717) is 22.9 Å². The smallest absolute Gasteiger partial charge is 0.599 e. The number of fused-ring (bicyclic) bond motifs is 1. The zero-order valence-corrected chi connectivity index (χ0v) is 43.3. The molecule has 0 spiro atoms. The van der Waals surface area contributed by atoms with Crippen molar-refractivity contribution < 1.29 is 72.3 Å². The molecule has 18 nitrogen and oxygen atoms in total. The first-order chi connectivity index (χ1) is 33.1. The first kappa shape index (κ1) is 60.3. The lowest BCUT2D eigenvalue weighted by molar-refractivity contribution is -0.794. The lowest BCUT2D eigenvalue weighted by Crippen LogP contribution is -2.71. The summed E-state index contributed by atoms with van der Waals surface area (Å²) in [5.41, 5.74) is 1.39. The van der Waals surface area contributed by atoms with E-state index >= 15 is 0 Å². The fourth-order valence-electron chi connectivity index (χ4n) is 8.21. The summed E-state index contributed by atoms with van der Waals surface area (Å²) in [5.74, 6) is -6.45. The normalized spacial score (nSPS) is 18.1. The Kier molecular flexibility index (Phi) is 23.5. The number of halogens is 4. The van der Waals surface area contributed by atoms with Crippen LogP contribution >= 0.6 is 46.4 Å². The average molecular weight is 1070 g/mol. The molecule has 386 valence electrons. The maximum atomic E-state index is 13.9. The molecule has 24 heteroatoms. The monoisotopic (exact) mass is 1070 g/mol. The van der Waals surface area contributed by atoms with Crippen molar-refractivity contribution in [2.45, 2.75) is 78.1 Å². The highest BCUT2D eigenvalue weighted by Crippen LogP contribution is 2.38. The van der Waals surface area contributed by atoms with Crippen LogP contribution in [0.1, 0.15) is 86.1 Å². The van der Waals surface area contributed by atoms with Gasteiger partial charge < -0.3 is 44.6 Å². The highest BCUT2D eigenvalue weighted by atomic mass is 35.5. The van der Waals surface area contributed by atoms with E-state index in [1.54, 1.807) is 25.2 Å². The van der Waals surface area contributed by atoms with E-state index in [9.17, 15) is 48.4 Å². The number of rotatable bonds is 22. The minimum absolute atomic E-state index is 0.0185. The van der Waals surface area contributed by atoms with Gasteiger partial charge in [0.25, 0.3) is 0 Å². The van der Waals surface area contributed by atoms with E-state index in [1.165, 1.54) is 30.1 Å². The van der Waals surface area contributed by atoms with Crippen LogP contribution in [0.2, 0.25) is 20.1 Å². The molecule has 0 saturated carbocycles. The molecule has 0 bridgehead atoms. The minimum atomic E-state index is -2.52. The summed E-state index contributed by atoms with van der Waals surface area (Å²) in [6, 6.07) is 18.6. The summed E-state index contributed by atoms with van der Waals surface area (Å²) in [4.78, 5) is 97.0. The van der Waals surface area contributed by atoms with Gasteiger partial charge in [-0.3, -0.25) is 43.3 Å². The van der Waals surface area contributed by atoms with Crippen molar-refractivity contribution in [2.24, 2.45) is 17.8 Å². The van der Waals surface area contributed by atoms with Gasteiger partial charge in [0.1, 0.15) is 13.1 Å². The van der Waals surface area contributed by atoms with Gasteiger partial charge in [0.15, 0.2) is 11.6 Å². The zero-order valence-electron chi connectivity index (χ0n) is 40.2. The van der Waals surface area contributed by atoms with Crippen molar-refractivity contribution in [2.75, 3.05) is 40.3 Å².